The molecule has 3 saturated heterocycles. The molecule has 0 saturated carbocycles. The van der Waals surface area contributed by atoms with Gasteiger partial charge in [-0.1, -0.05) is 0 Å². The van der Waals surface area contributed by atoms with Crippen LogP contribution in [-0.4, -0.2) is 46.5 Å². The molecule has 0 aliphatic carbocycles. The Bertz CT molecular complexity index is 393. The van der Waals surface area contributed by atoms with Crippen LogP contribution in [0, 0.1) is 11.8 Å². The van der Waals surface area contributed by atoms with Gasteiger partial charge in [-0.05, 0) is 19.3 Å². The van der Waals surface area contributed by atoms with Crippen LogP contribution in [-0.2, 0) is 19.1 Å². The molecule has 4 atom stereocenters. The summed E-state index contributed by atoms with van der Waals surface area (Å²) in [5, 5.41) is 8.57. The van der Waals surface area contributed by atoms with Gasteiger partial charge in [0.25, 0.3) is 0 Å². The van der Waals surface area contributed by atoms with E-state index in [1.54, 1.807) is 0 Å². The fourth-order valence-electron chi connectivity index (χ4n) is 3.38. The molecule has 0 spiro atoms. The Balaban J connectivity index is 1.69. The summed E-state index contributed by atoms with van der Waals surface area (Å²) >= 11 is 0. The summed E-state index contributed by atoms with van der Waals surface area (Å²) < 4.78 is 5.61. The molecule has 18 heavy (non-hydrogen) atoms. The molecule has 0 aromatic carbocycles. The molecule has 3 rings (SSSR count). The second-order valence-electron chi connectivity index (χ2n) is 5.17. The van der Waals surface area contributed by atoms with E-state index in [9.17, 15) is 14.4 Å². The van der Waals surface area contributed by atoms with E-state index in [4.69, 9.17) is 9.84 Å². The highest BCUT2D eigenvalue weighted by Gasteiger charge is 2.62. The van der Waals surface area contributed by atoms with E-state index in [-0.39, 0.29) is 48.8 Å². The Morgan fingerprint density at radius 2 is 1.78 bits per heavy atom. The molecule has 6 nitrogen and oxygen atoms in total. The maximum Gasteiger partial charge on any atom is 0.303 e. The van der Waals surface area contributed by atoms with Crippen LogP contribution in [0.4, 0.5) is 0 Å². The zero-order valence-electron chi connectivity index (χ0n) is 9.87. The number of amides is 2. The van der Waals surface area contributed by atoms with Crippen molar-refractivity contribution in [2.45, 2.75) is 37.9 Å². The number of carbonyl (C=O) groups excluding carboxylic acids is 2. The van der Waals surface area contributed by atoms with Crippen LogP contribution < -0.4 is 0 Å². The molecule has 2 bridgehead atoms. The fourth-order valence-corrected chi connectivity index (χ4v) is 3.38. The predicted octanol–water partition coefficient (Wildman–Crippen LogP) is 0.0136. The Morgan fingerprint density at radius 3 is 2.28 bits per heavy atom. The topological polar surface area (TPSA) is 83.9 Å². The summed E-state index contributed by atoms with van der Waals surface area (Å²) in [6.45, 7) is 0.219. The van der Waals surface area contributed by atoms with Crippen LogP contribution >= 0.6 is 0 Å². The van der Waals surface area contributed by atoms with Crippen molar-refractivity contribution in [2.24, 2.45) is 11.8 Å². The summed E-state index contributed by atoms with van der Waals surface area (Å²) in [6.07, 6.45) is 1.82. The first-order valence-corrected chi connectivity index (χ1v) is 6.32. The molecule has 2 unspecified atom stereocenters. The van der Waals surface area contributed by atoms with Gasteiger partial charge in [-0.25, -0.2) is 0 Å². The summed E-state index contributed by atoms with van der Waals surface area (Å²) in [5.74, 6) is -1.84. The number of aliphatic carboxylic acids is 1. The molecule has 3 fully saturated rings. The lowest BCUT2D eigenvalue weighted by atomic mass is 9.81. The van der Waals surface area contributed by atoms with Gasteiger partial charge < -0.3 is 9.84 Å². The first-order valence-electron chi connectivity index (χ1n) is 6.32. The first-order chi connectivity index (χ1) is 8.59. The highest BCUT2D eigenvalue weighted by atomic mass is 16.5. The highest BCUT2D eigenvalue weighted by molar-refractivity contribution is 6.06. The van der Waals surface area contributed by atoms with E-state index in [0.717, 1.165) is 12.8 Å². The quantitative estimate of drug-likeness (QED) is 0.714. The number of ether oxygens (including phenoxy) is 1. The van der Waals surface area contributed by atoms with Crippen molar-refractivity contribution >= 4 is 17.8 Å². The molecule has 3 heterocycles. The Labute approximate surface area is 104 Å². The molecule has 0 aromatic rings. The number of hydrogen-bond donors (Lipinski definition) is 1. The molecule has 6 heteroatoms. The lowest BCUT2D eigenvalue weighted by Gasteiger charge is -2.16. The minimum Gasteiger partial charge on any atom is -0.481 e. The second-order valence-corrected chi connectivity index (χ2v) is 5.17. The third kappa shape index (κ3) is 1.55. The predicted molar refractivity (Wildman–Crippen MR) is 58.5 cm³/mol. The molecule has 98 valence electrons. The Morgan fingerprint density at radius 1 is 1.22 bits per heavy atom. The number of carboxylic acid groups (broad SMARTS) is 1. The SMILES string of the molecule is O=C(O)CCCN1C(=O)C2C(C1=O)[C@H]1CC[C@H]2O1. The molecule has 3 aliphatic rings. The normalized spacial score (nSPS) is 37.4. The molecular weight excluding hydrogens is 238 g/mol. The number of carbonyl (C=O) groups is 3. The number of hydrogen-bond acceptors (Lipinski definition) is 4. The molecule has 1 N–H and O–H groups in total. The van der Waals surface area contributed by atoms with Crippen LogP contribution in [0.3, 0.4) is 0 Å². The van der Waals surface area contributed by atoms with Gasteiger partial charge in [0, 0.05) is 13.0 Å². The number of imide groups is 1. The van der Waals surface area contributed by atoms with Gasteiger partial charge in [-0.3, -0.25) is 19.3 Å². The lowest BCUT2D eigenvalue weighted by molar-refractivity contribution is -0.144. The van der Waals surface area contributed by atoms with E-state index in [1.807, 2.05) is 0 Å². The number of likely N-dealkylation sites (tertiary alicyclic amines) is 1. The lowest BCUT2D eigenvalue weighted by Crippen LogP contribution is -2.35. The molecule has 0 aromatic heterocycles. The van der Waals surface area contributed by atoms with Crippen LogP contribution in [0.2, 0.25) is 0 Å². The smallest absolute Gasteiger partial charge is 0.303 e. The largest absolute Gasteiger partial charge is 0.481 e. The number of fused-ring (bicyclic) bond motifs is 5. The van der Waals surface area contributed by atoms with E-state index in [2.05, 4.69) is 0 Å². The number of rotatable bonds is 4. The van der Waals surface area contributed by atoms with Gasteiger partial charge in [-0.2, -0.15) is 0 Å². The molecule has 3 aliphatic heterocycles. The van der Waals surface area contributed by atoms with Gasteiger partial charge in [0.1, 0.15) is 0 Å². The zero-order valence-corrected chi connectivity index (χ0v) is 9.87. The van der Waals surface area contributed by atoms with E-state index >= 15 is 0 Å². The van der Waals surface area contributed by atoms with Crippen molar-refractivity contribution in [3.05, 3.63) is 0 Å². The average molecular weight is 253 g/mol. The maximum absolute atomic E-state index is 12.1. The summed E-state index contributed by atoms with van der Waals surface area (Å²) in [5.41, 5.74) is 0. The summed E-state index contributed by atoms with van der Waals surface area (Å²) in [7, 11) is 0. The van der Waals surface area contributed by atoms with E-state index < -0.39 is 5.97 Å². The standard InChI is InChI=1S/C12H15NO5/c14-8(15)2-1-5-13-11(16)9-6-3-4-7(18-6)10(9)12(13)17/h6-7,9-10H,1-5H2,(H,14,15)/t6-,7-,9?,10?/m1/s1. The average Bonchev–Trinajstić information content (AvgIpc) is 2.97. The second kappa shape index (κ2) is 4.05. The zero-order chi connectivity index (χ0) is 12.9. The Kier molecular flexibility index (Phi) is 2.62. The van der Waals surface area contributed by atoms with Crippen LogP contribution in [0.1, 0.15) is 25.7 Å². The monoisotopic (exact) mass is 253 g/mol. The number of nitrogens with zero attached hydrogens (tertiary/aromatic N) is 1. The van der Waals surface area contributed by atoms with Crippen LogP contribution in [0.25, 0.3) is 0 Å². The van der Waals surface area contributed by atoms with Crippen molar-refractivity contribution in [2.75, 3.05) is 6.54 Å². The minimum absolute atomic E-state index is 0.0181. The molecular formula is C12H15NO5. The van der Waals surface area contributed by atoms with Gasteiger partial charge >= 0.3 is 5.97 Å². The third-order valence-electron chi connectivity index (χ3n) is 4.15. The van der Waals surface area contributed by atoms with Crippen LogP contribution in [0.15, 0.2) is 0 Å². The first kappa shape index (κ1) is 11.6. The van der Waals surface area contributed by atoms with Gasteiger partial charge in [-0.15, -0.1) is 0 Å². The van der Waals surface area contributed by atoms with Gasteiger partial charge in [0.05, 0.1) is 24.0 Å². The third-order valence-corrected chi connectivity index (χ3v) is 4.15. The van der Waals surface area contributed by atoms with E-state index in [0.29, 0.717) is 6.42 Å². The Hall–Kier alpha value is -1.43. The maximum atomic E-state index is 12.1. The van der Waals surface area contributed by atoms with Crippen LogP contribution in [0.5, 0.6) is 0 Å². The fraction of sp³-hybridized carbons (Fsp3) is 0.750. The van der Waals surface area contributed by atoms with Crippen molar-refractivity contribution in [1.29, 1.82) is 0 Å². The van der Waals surface area contributed by atoms with Gasteiger partial charge in [0.15, 0.2) is 0 Å². The minimum atomic E-state index is -0.905. The van der Waals surface area contributed by atoms with E-state index in [1.165, 1.54) is 4.90 Å². The number of carboxylic acids is 1. The van der Waals surface area contributed by atoms with Crippen molar-refractivity contribution in [3.8, 4) is 0 Å². The highest BCUT2D eigenvalue weighted by Crippen LogP contribution is 2.48. The molecule has 0 radical (unpaired) electrons. The van der Waals surface area contributed by atoms with Crippen molar-refractivity contribution < 1.29 is 24.2 Å². The summed E-state index contributed by atoms with van der Waals surface area (Å²) in [4.78, 5) is 36.0. The van der Waals surface area contributed by atoms with Crippen molar-refractivity contribution in [3.63, 3.8) is 0 Å². The van der Waals surface area contributed by atoms with Crippen molar-refractivity contribution in [1.82, 2.24) is 4.90 Å². The summed E-state index contributed by atoms with van der Waals surface area (Å²) in [6, 6.07) is 0. The van der Waals surface area contributed by atoms with Gasteiger partial charge in [0.2, 0.25) is 11.8 Å². The molecule has 2 amide bonds.